The predicted octanol–water partition coefficient (Wildman–Crippen LogP) is 0.229. The van der Waals surface area contributed by atoms with E-state index in [1.165, 1.54) is 0 Å². The van der Waals surface area contributed by atoms with Gasteiger partial charge in [-0.3, -0.25) is 0 Å². The van der Waals surface area contributed by atoms with Gasteiger partial charge in [-0.25, -0.2) is 8.42 Å². The SMILES string of the molecule is O=S(=O)([O-])CCCN1c2ccccc2Sc2ccccc21.[Na+]. The molecule has 0 aliphatic carbocycles. The number of fused-ring (bicyclic) bond motifs is 2. The van der Waals surface area contributed by atoms with Gasteiger partial charge in [0.1, 0.15) is 0 Å². The smallest absolute Gasteiger partial charge is 0.748 e. The fraction of sp³-hybridized carbons (Fsp3) is 0.200. The Hall–Kier alpha value is -0.500. The molecular formula is C15H14NNaO3S2. The van der Waals surface area contributed by atoms with E-state index in [-0.39, 0.29) is 35.3 Å². The van der Waals surface area contributed by atoms with Crippen molar-refractivity contribution in [2.75, 3.05) is 17.2 Å². The van der Waals surface area contributed by atoms with Gasteiger partial charge < -0.3 is 9.45 Å². The Morgan fingerprint density at radius 3 is 1.95 bits per heavy atom. The van der Waals surface area contributed by atoms with E-state index < -0.39 is 10.1 Å². The number of hydrogen-bond acceptors (Lipinski definition) is 5. The summed E-state index contributed by atoms with van der Waals surface area (Å²) in [6.45, 7) is 0.510. The molecule has 1 aliphatic heterocycles. The number of benzene rings is 2. The molecule has 0 spiro atoms. The maximum absolute atomic E-state index is 10.8. The van der Waals surface area contributed by atoms with Crippen LogP contribution in [-0.2, 0) is 10.1 Å². The first-order valence-corrected chi connectivity index (χ1v) is 9.01. The molecule has 3 rings (SSSR count). The van der Waals surface area contributed by atoms with E-state index in [9.17, 15) is 13.0 Å². The molecule has 2 aromatic rings. The van der Waals surface area contributed by atoms with Gasteiger partial charge in [-0.05, 0) is 30.7 Å². The average Bonchev–Trinajstić information content (AvgIpc) is 2.45. The number of nitrogens with zero attached hydrogens (tertiary/aromatic N) is 1. The first kappa shape index (κ1) is 17.8. The van der Waals surface area contributed by atoms with Gasteiger partial charge in [-0.1, -0.05) is 36.0 Å². The van der Waals surface area contributed by atoms with Gasteiger partial charge in [-0.2, -0.15) is 0 Å². The van der Waals surface area contributed by atoms with Crippen molar-refractivity contribution in [2.45, 2.75) is 16.2 Å². The largest absolute Gasteiger partial charge is 1.00 e. The summed E-state index contributed by atoms with van der Waals surface area (Å²) in [6, 6.07) is 16.0. The number of para-hydroxylation sites is 2. The quantitative estimate of drug-likeness (QED) is 0.587. The molecule has 22 heavy (non-hydrogen) atoms. The molecule has 2 aromatic carbocycles. The molecule has 0 saturated carbocycles. The molecule has 0 N–H and O–H groups in total. The van der Waals surface area contributed by atoms with Crippen LogP contribution in [0.25, 0.3) is 0 Å². The minimum absolute atomic E-state index is 0. The van der Waals surface area contributed by atoms with Crippen molar-refractivity contribution in [1.82, 2.24) is 0 Å². The normalized spacial score (nSPS) is 13.0. The molecule has 0 amide bonds. The first-order valence-electron chi connectivity index (χ1n) is 6.62. The fourth-order valence-electron chi connectivity index (χ4n) is 2.42. The molecule has 0 aromatic heterocycles. The zero-order chi connectivity index (χ0) is 14.9. The number of hydrogen-bond donors (Lipinski definition) is 0. The minimum atomic E-state index is -4.16. The summed E-state index contributed by atoms with van der Waals surface area (Å²) in [5.74, 6) is -0.332. The molecule has 1 heterocycles. The van der Waals surface area contributed by atoms with Crippen LogP contribution in [0.2, 0.25) is 0 Å². The van der Waals surface area contributed by atoms with Crippen LogP contribution in [0.5, 0.6) is 0 Å². The Morgan fingerprint density at radius 1 is 0.955 bits per heavy atom. The van der Waals surface area contributed by atoms with Crippen LogP contribution in [0.1, 0.15) is 6.42 Å². The zero-order valence-corrected chi connectivity index (χ0v) is 15.9. The van der Waals surface area contributed by atoms with Gasteiger partial charge in [0.2, 0.25) is 0 Å². The molecule has 1 aliphatic rings. The molecule has 0 unspecified atom stereocenters. The maximum atomic E-state index is 10.8. The summed E-state index contributed by atoms with van der Waals surface area (Å²) in [5, 5.41) is 0. The second kappa shape index (κ2) is 7.38. The van der Waals surface area contributed by atoms with Crippen molar-refractivity contribution in [2.24, 2.45) is 0 Å². The molecule has 0 radical (unpaired) electrons. The van der Waals surface area contributed by atoms with Crippen molar-refractivity contribution < 1.29 is 42.5 Å². The minimum Gasteiger partial charge on any atom is -0.748 e. The van der Waals surface area contributed by atoms with Gasteiger partial charge in [0, 0.05) is 22.1 Å². The van der Waals surface area contributed by atoms with Crippen molar-refractivity contribution in [3.63, 3.8) is 0 Å². The third-order valence-corrected chi connectivity index (χ3v) is 5.23. The van der Waals surface area contributed by atoms with Crippen LogP contribution < -0.4 is 34.5 Å². The Kier molecular flexibility index (Phi) is 5.99. The summed E-state index contributed by atoms with van der Waals surface area (Å²) in [6.07, 6.45) is 0.319. The molecule has 110 valence electrons. The van der Waals surface area contributed by atoms with Crippen LogP contribution in [-0.4, -0.2) is 25.3 Å². The van der Waals surface area contributed by atoms with Gasteiger partial charge >= 0.3 is 29.6 Å². The Morgan fingerprint density at radius 2 is 1.45 bits per heavy atom. The van der Waals surface area contributed by atoms with Crippen LogP contribution in [0, 0.1) is 0 Å². The summed E-state index contributed by atoms with van der Waals surface area (Å²) < 4.78 is 32.4. The molecule has 0 fully saturated rings. The molecule has 0 bridgehead atoms. The standard InChI is InChI=1S/C15H15NO3S2.Na/c17-21(18,19)11-5-10-16-12-6-1-3-8-14(12)20-15-9-4-2-7-13(15)16;/h1-4,6-9H,5,10-11H2,(H,17,18,19);/q;+1/p-1. The van der Waals surface area contributed by atoms with E-state index in [4.69, 9.17) is 0 Å². The van der Waals surface area contributed by atoms with Gasteiger partial charge in [0.15, 0.2) is 0 Å². The van der Waals surface area contributed by atoms with Gasteiger partial charge in [0.05, 0.1) is 21.5 Å². The second-order valence-electron chi connectivity index (χ2n) is 4.80. The summed E-state index contributed by atoms with van der Waals surface area (Å²) >= 11 is 1.70. The van der Waals surface area contributed by atoms with Crippen molar-refractivity contribution >= 4 is 33.3 Å². The van der Waals surface area contributed by atoms with E-state index in [1.807, 2.05) is 48.5 Å². The fourth-order valence-corrected chi connectivity index (χ4v) is 4.00. The van der Waals surface area contributed by atoms with Crippen LogP contribution in [0.3, 0.4) is 0 Å². The van der Waals surface area contributed by atoms with E-state index in [2.05, 4.69) is 4.90 Å². The predicted molar refractivity (Wildman–Crippen MR) is 83.2 cm³/mol. The van der Waals surface area contributed by atoms with Crippen molar-refractivity contribution in [3.8, 4) is 0 Å². The Balaban J connectivity index is 0.00000176. The van der Waals surface area contributed by atoms with Gasteiger partial charge in [-0.15, -0.1) is 0 Å². The van der Waals surface area contributed by atoms with Crippen molar-refractivity contribution in [3.05, 3.63) is 48.5 Å². The number of anilines is 2. The zero-order valence-electron chi connectivity index (χ0n) is 12.2. The maximum Gasteiger partial charge on any atom is 1.00 e. The molecule has 4 nitrogen and oxygen atoms in total. The second-order valence-corrected chi connectivity index (χ2v) is 7.41. The molecule has 0 atom stereocenters. The van der Waals surface area contributed by atoms with E-state index in [0.29, 0.717) is 13.0 Å². The van der Waals surface area contributed by atoms with Crippen LogP contribution >= 0.6 is 11.8 Å². The summed E-state index contributed by atoms with van der Waals surface area (Å²) in [4.78, 5) is 4.37. The number of rotatable bonds is 4. The summed E-state index contributed by atoms with van der Waals surface area (Å²) in [5.41, 5.74) is 2.12. The van der Waals surface area contributed by atoms with Crippen LogP contribution in [0.15, 0.2) is 58.3 Å². The van der Waals surface area contributed by atoms with Gasteiger partial charge in [0.25, 0.3) is 0 Å². The van der Waals surface area contributed by atoms with E-state index in [0.717, 1.165) is 21.2 Å². The third-order valence-electron chi connectivity index (χ3n) is 3.31. The van der Waals surface area contributed by atoms with E-state index >= 15 is 0 Å². The van der Waals surface area contributed by atoms with E-state index in [1.54, 1.807) is 11.8 Å². The summed E-state index contributed by atoms with van der Waals surface area (Å²) in [7, 11) is -4.16. The third kappa shape index (κ3) is 4.07. The topological polar surface area (TPSA) is 60.4 Å². The molecule has 0 saturated heterocycles. The first-order chi connectivity index (χ1) is 10.0. The van der Waals surface area contributed by atoms with Crippen molar-refractivity contribution in [1.29, 1.82) is 0 Å². The monoisotopic (exact) mass is 343 g/mol. The Bertz CT molecular complexity index is 719. The van der Waals surface area contributed by atoms with Crippen LogP contribution in [0.4, 0.5) is 11.4 Å². The molecular weight excluding hydrogens is 329 g/mol. The Labute approximate surface area is 157 Å². The average molecular weight is 343 g/mol. The molecule has 7 heteroatoms.